The van der Waals surface area contributed by atoms with Gasteiger partial charge in [-0.25, -0.2) is 9.59 Å². The second-order valence-electron chi connectivity index (χ2n) is 11.3. The summed E-state index contributed by atoms with van der Waals surface area (Å²) in [5.41, 5.74) is 3.49. The molecule has 5 rings (SSSR count). The van der Waals surface area contributed by atoms with Crippen molar-refractivity contribution in [2.24, 2.45) is 0 Å². The first-order valence-electron chi connectivity index (χ1n) is 14.3. The topological polar surface area (TPSA) is 131 Å². The van der Waals surface area contributed by atoms with Gasteiger partial charge in [-0.3, -0.25) is 14.6 Å². The predicted molar refractivity (Wildman–Crippen MR) is 151 cm³/mol. The van der Waals surface area contributed by atoms with Crippen LogP contribution in [0.2, 0.25) is 0 Å². The average Bonchev–Trinajstić information content (AvgIpc) is 3.30. The smallest absolute Gasteiger partial charge is 0.475 e. The molecular weight excluding hydrogens is 626 g/mol. The van der Waals surface area contributed by atoms with Gasteiger partial charge in [-0.05, 0) is 60.9 Å². The van der Waals surface area contributed by atoms with E-state index in [0.717, 1.165) is 58.5 Å². The van der Waals surface area contributed by atoms with Crippen molar-refractivity contribution < 1.29 is 55.7 Å². The Labute approximate surface area is 260 Å². The molecule has 1 aromatic carbocycles. The van der Waals surface area contributed by atoms with Crippen LogP contribution in [-0.4, -0.2) is 112 Å². The van der Waals surface area contributed by atoms with Crippen molar-refractivity contribution in [3.8, 4) is 0 Å². The summed E-state index contributed by atoms with van der Waals surface area (Å²) in [5, 5.41) is 14.2. The Kier molecular flexibility index (Phi) is 11.8. The second kappa shape index (κ2) is 14.9. The van der Waals surface area contributed by atoms with Gasteiger partial charge in [-0.1, -0.05) is 24.3 Å². The van der Waals surface area contributed by atoms with Crippen LogP contribution in [0.3, 0.4) is 0 Å². The number of hydrogen-bond donors (Lipinski definition) is 2. The van der Waals surface area contributed by atoms with Gasteiger partial charge in [0.15, 0.2) is 0 Å². The number of likely N-dealkylation sites (N-methyl/N-ethyl adjacent to an activating group) is 1. The summed E-state index contributed by atoms with van der Waals surface area (Å²) in [4.78, 5) is 54.2. The molecule has 1 aliphatic carbocycles. The van der Waals surface area contributed by atoms with Gasteiger partial charge < -0.3 is 24.9 Å². The van der Waals surface area contributed by atoms with E-state index in [1.54, 1.807) is 12.4 Å². The fourth-order valence-electron chi connectivity index (χ4n) is 5.89. The van der Waals surface area contributed by atoms with E-state index in [1.165, 1.54) is 11.1 Å². The van der Waals surface area contributed by atoms with Crippen molar-refractivity contribution in [3.05, 3.63) is 65.5 Å². The zero-order valence-electron chi connectivity index (χ0n) is 24.9. The van der Waals surface area contributed by atoms with Crippen molar-refractivity contribution in [2.75, 3.05) is 46.3 Å². The van der Waals surface area contributed by atoms with Crippen LogP contribution in [-0.2, 0) is 19.8 Å². The van der Waals surface area contributed by atoms with E-state index in [0.29, 0.717) is 17.9 Å². The number of halogens is 6. The number of benzene rings is 1. The highest BCUT2D eigenvalue weighted by molar-refractivity contribution is 5.94. The Morgan fingerprint density at radius 2 is 1.37 bits per heavy atom. The second-order valence-corrected chi connectivity index (χ2v) is 11.3. The number of likely N-dealkylation sites (tertiary alicyclic amines) is 1. The highest BCUT2D eigenvalue weighted by Gasteiger charge is 2.46. The summed E-state index contributed by atoms with van der Waals surface area (Å²) in [6.07, 6.45) is -3.30. The van der Waals surface area contributed by atoms with Gasteiger partial charge in [0.05, 0.1) is 5.56 Å². The number of piperazine rings is 1. The third-order valence-corrected chi connectivity index (χ3v) is 8.29. The number of rotatable bonds is 3. The van der Waals surface area contributed by atoms with Crippen LogP contribution in [0.25, 0.3) is 0 Å². The standard InChI is InChI=1S/C26H32N4O2.2C2HF3O2/c1-28-13-15-29(16-14-28)24(31)17-21-18-26(23-7-3-2-6-22(21)23)8-11-30(12-9-26)25(32)20-5-4-10-27-19-20;2*3-2(4,5)1(6)7/h2-7,10,19,21H,8-9,11-18H2,1H3;2*(H,6,7). The number of aromatic nitrogens is 1. The van der Waals surface area contributed by atoms with Crippen LogP contribution in [0.1, 0.15) is 53.1 Å². The number of fused-ring (bicyclic) bond motifs is 2. The first-order chi connectivity index (χ1) is 21.4. The van der Waals surface area contributed by atoms with Crippen LogP contribution in [0, 0.1) is 0 Å². The summed E-state index contributed by atoms with van der Waals surface area (Å²) < 4.78 is 63.5. The number of hydrogen-bond acceptors (Lipinski definition) is 6. The molecule has 46 heavy (non-hydrogen) atoms. The summed E-state index contributed by atoms with van der Waals surface area (Å²) >= 11 is 0. The van der Waals surface area contributed by atoms with E-state index in [2.05, 4.69) is 41.2 Å². The molecule has 0 bridgehead atoms. The van der Waals surface area contributed by atoms with E-state index in [-0.39, 0.29) is 17.2 Å². The summed E-state index contributed by atoms with van der Waals surface area (Å²) in [7, 11) is 2.12. The summed E-state index contributed by atoms with van der Waals surface area (Å²) in [6.45, 7) is 5.08. The van der Waals surface area contributed by atoms with Gasteiger partial charge in [0.1, 0.15) is 0 Å². The maximum absolute atomic E-state index is 13.1. The van der Waals surface area contributed by atoms with E-state index in [4.69, 9.17) is 19.8 Å². The lowest BCUT2D eigenvalue weighted by molar-refractivity contribution is -0.193. The third-order valence-electron chi connectivity index (χ3n) is 8.29. The van der Waals surface area contributed by atoms with Gasteiger partial charge in [-0.15, -0.1) is 0 Å². The van der Waals surface area contributed by atoms with Crippen molar-refractivity contribution in [1.29, 1.82) is 0 Å². The van der Waals surface area contributed by atoms with Gasteiger partial charge in [-0.2, -0.15) is 26.3 Å². The normalized spacial score (nSPS) is 19.2. The zero-order chi connectivity index (χ0) is 34.3. The Balaban J connectivity index is 0.000000345. The molecule has 2 aliphatic heterocycles. The molecule has 1 atom stereocenters. The zero-order valence-corrected chi connectivity index (χ0v) is 24.9. The summed E-state index contributed by atoms with van der Waals surface area (Å²) in [6, 6.07) is 12.4. The van der Waals surface area contributed by atoms with E-state index in [9.17, 15) is 35.9 Å². The molecule has 3 aliphatic rings. The molecule has 2 fully saturated rings. The predicted octanol–water partition coefficient (Wildman–Crippen LogP) is 4.17. The monoisotopic (exact) mass is 660 g/mol. The Hall–Kier alpha value is -4.21. The van der Waals surface area contributed by atoms with Gasteiger partial charge >= 0.3 is 24.3 Å². The van der Waals surface area contributed by atoms with E-state index < -0.39 is 24.3 Å². The number of pyridine rings is 1. The molecule has 2 aromatic rings. The number of carbonyl (C=O) groups is 4. The molecule has 16 heteroatoms. The fraction of sp³-hybridized carbons (Fsp3) is 0.500. The highest BCUT2D eigenvalue weighted by atomic mass is 19.4. The van der Waals surface area contributed by atoms with Crippen molar-refractivity contribution in [1.82, 2.24) is 19.7 Å². The first-order valence-corrected chi connectivity index (χ1v) is 14.3. The lowest BCUT2D eigenvalue weighted by atomic mass is 9.73. The lowest BCUT2D eigenvalue weighted by Crippen LogP contribution is -2.47. The Morgan fingerprint density at radius 3 is 1.87 bits per heavy atom. The Bertz CT molecular complexity index is 1350. The third kappa shape index (κ3) is 9.40. The number of aliphatic carboxylic acids is 2. The van der Waals surface area contributed by atoms with Crippen molar-refractivity contribution >= 4 is 23.8 Å². The molecule has 10 nitrogen and oxygen atoms in total. The number of carbonyl (C=O) groups excluding carboxylic acids is 2. The molecular formula is C30H34F6N4O6. The van der Waals surface area contributed by atoms with Gasteiger partial charge in [0.25, 0.3) is 5.91 Å². The molecule has 0 saturated carbocycles. The minimum absolute atomic E-state index is 0.0704. The number of carboxylic acids is 2. The van der Waals surface area contributed by atoms with Crippen molar-refractivity contribution in [3.63, 3.8) is 0 Å². The number of carboxylic acid groups (broad SMARTS) is 2. The van der Waals surface area contributed by atoms with Crippen LogP contribution in [0.5, 0.6) is 0 Å². The minimum atomic E-state index is -5.08. The van der Waals surface area contributed by atoms with Crippen LogP contribution < -0.4 is 0 Å². The van der Waals surface area contributed by atoms with Gasteiger partial charge in [0, 0.05) is 58.1 Å². The number of alkyl halides is 6. The number of amides is 2. The summed E-state index contributed by atoms with van der Waals surface area (Å²) in [5.74, 6) is -4.88. The SMILES string of the molecule is CN1CCN(C(=O)CC2CC3(CCN(C(=O)c4cccnc4)CC3)c3ccccc32)CC1.O=C(O)C(F)(F)F.O=C(O)C(F)(F)F. The number of nitrogens with zero attached hydrogens (tertiary/aromatic N) is 4. The Morgan fingerprint density at radius 1 is 0.826 bits per heavy atom. The maximum Gasteiger partial charge on any atom is 0.490 e. The first kappa shape index (κ1) is 36.3. The van der Waals surface area contributed by atoms with Crippen molar-refractivity contribution in [2.45, 2.75) is 49.4 Å². The van der Waals surface area contributed by atoms with Gasteiger partial charge in [0.2, 0.25) is 5.91 Å². The van der Waals surface area contributed by atoms with Crippen LogP contribution >= 0.6 is 0 Å². The average molecular weight is 661 g/mol. The lowest BCUT2D eigenvalue weighted by Gasteiger charge is -2.40. The molecule has 1 spiro atoms. The van der Waals surface area contributed by atoms with E-state index >= 15 is 0 Å². The molecule has 0 radical (unpaired) electrons. The molecule has 1 aromatic heterocycles. The molecule has 2 amide bonds. The largest absolute Gasteiger partial charge is 0.490 e. The molecule has 252 valence electrons. The number of piperidine rings is 1. The quantitative estimate of drug-likeness (QED) is 0.470. The molecule has 2 N–H and O–H groups in total. The fourth-order valence-corrected chi connectivity index (χ4v) is 5.89. The molecule has 3 heterocycles. The minimum Gasteiger partial charge on any atom is -0.475 e. The molecule has 2 saturated heterocycles. The highest BCUT2D eigenvalue weighted by Crippen LogP contribution is 2.52. The van der Waals surface area contributed by atoms with E-state index in [1.807, 2.05) is 21.9 Å². The maximum atomic E-state index is 13.1. The van der Waals surface area contributed by atoms with Crippen LogP contribution in [0.15, 0.2) is 48.8 Å². The molecule has 1 unspecified atom stereocenters. The van der Waals surface area contributed by atoms with Crippen LogP contribution in [0.4, 0.5) is 26.3 Å².